The number of rotatable bonds is 5. The van der Waals surface area contributed by atoms with Crippen molar-refractivity contribution in [3.8, 4) is 10.6 Å². The molecular formula is C18H17N3OS. The van der Waals surface area contributed by atoms with E-state index in [1.807, 2.05) is 6.07 Å². The summed E-state index contributed by atoms with van der Waals surface area (Å²) in [4.78, 5) is 20.5. The van der Waals surface area contributed by atoms with Crippen molar-refractivity contribution in [3.05, 3.63) is 71.0 Å². The number of amides is 1. The van der Waals surface area contributed by atoms with Gasteiger partial charge in [-0.05, 0) is 25.1 Å². The zero-order chi connectivity index (χ0) is 16.1. The van der Waals surface area contributed by atoms with E-state index in [1.54, 1.807) is 35.9 Å². The van der Waals surface area contributed by atoms with Gasteiger partial charge in [0.1, 0.15) is 5.01 Å². The Labute approximate surface area is 139 Å². The minimum absolute atomic E-state index is 0.0819. The third-order valence-corrected chi connectivity index (χ3v) is 4.37. The summed E-state index contributed by atoms with van der Waals surface area (Å²) < 4.78 is 0. The molecule has 0 bridgehead atoms. The van der Waals surface area contributed by atoms with E-state index in [9.17, 15) is 4.79 Å². The number of nitrogens with one attached hydrogen (secondary N) is 1. The van der Waals surface area contributed by atoms with Crippen molar-refractivity contribution in [1.29, 1.82) is 0 Å². The highest BCUT2D eigenvalue weighted by molar-refractivity contribution is 7.13. The minimum atomic E-state index is -0.0819. The SMILES string of the molecule is Cc1cccc(-c2nc(CCNC(=O)c3ccncc3)cs2)c1. The molecule has 0 fully saturated rings. The van der Waals surface area contributed by atoms with Crippen LogP contribution in [0.4, 0.5) is 0 Å². The van der Waals surface area contributed by atoms with E-state index in [0.717, 1.165) is 22.7 Å². The fourth-order valence-corrected chi connectivity index (χ4v) is 3.09. The largest absolute Gasteiger partial charge is 0.352 e. The predicted octanol–water partition coefficient (Wildman–Crippen LogP) is 3.49. The molecule has 3 rings (SSSR count). The van der Waals surface area contributed by atoms with Gasteiger partial charge in [-0.2, -0.15) is 0 Å². The van der Waals surface area contributed by atoms with Gasteiger partial charge < -0.3 is 5.32 Å². The Hall–Kier alpha value is -2.53. The van der Waals surface area contributed by atoms with Crippen molar-refractivity contribution in [1.82, 2.24) is 15.3 Å². The van der Waals surface area contributed by atoms with Crippen LogP contribution in [0.15, 0.2) is 54.2 Å². The molecule has 0 unspecified atom stereocenters. The molecule has 0 aliphatic heterocycles. The number of aromatic nitrogens is 2. The van der Waals surface area contributed by atoms with Gasteiger partial charge in [0.2, 0.25) is 0 Å². The summed E-state index contributed by atoms with van der Waals surface area (Å²) in [5.41, 5.74) is 3.99. The van der Waals surface area contributed by atoms with E-state index in [1.165, 1.54) is 5.56 Å². The van der Waals surface area contributed by atoms with Crippen LogP contribution in [0.2, 0.25) is 0 Å². The maximum atomic E-state index is 11.9. The van der Waals surface area contributed by atoms with Crippen LogP contribution in [0.5, 0.6) is 0 Å². The second kappa shape index (κ2) is 7.15. The van der Waals surface area contributed by atoms with Gasteiger partial charge >= 0.3 is 0 Å². The van der Waals surface area contributed by atoms with Crippen molar-refractivity contribution in [2.45, 2.75) is 13.3 Å². The molecule has 5 heteroatoms. The average Bonchev–Trinajstić information content (AvgIpc) is 3.04. The Balaban J connectivity index is 1.57. The summed E-state index contributed by atoms with van der Waals surface area (Å²) in [6.45, 7) is 2.64. The zero-order valence-corrected chi connectivity index (χ0v) is 13.6. The quantitative estimate of drug-likeness (QED) is 0.782. The van der Waals surface area contributed by atoms with Crippen LogP contribution >= 0.6 is 11.3 Å². The number of thiazole rings is 1. The number of hydrogen-bond donors (Lipinski definition) is 1. The lowest BCUT2D eigenvalue weighted by molar-refractivity contribution is 0.0954. The summed E-state index contributed by atoms with van der Waals surface area (Å²) in [6.07, 6.45) is 3.95. The number of carbonyl (C=O) groups excluding carboxylic acids is 1. The molecule has 0 saturated carbocycles. The molecule has 0 spiro atoms. The predicted molar refractivity (Wildman–Crippen MR) is 92.6 cm³/mol. The van der Waals surface area contributed by atoms with Gasteiger partial charge in [-0.15, -0.1) is 11.3 Å². The first kappa shape index (κ1) is 15.4. The van der Waals surface area contributed by atoms with E-state index in [0.29, 0.717) is 12.1 Å². The Morgan fingerprint density at radius 1 is 1.22 bits per heavy atom. The van der Waals surface area contributed by atoms with Crippen LogP contribution in [-0.2, 0) is 6.42 Å². The number of carbonyl (C=O) groups is 1. The molecule has 2 heterocycles. The summed E-state index contributed by atoms with van der Waals surface area (Å²) in [6, 6.07) is 11.7. The summed E-state index contributed by atoms with van der Waals surface area (Å²) in [5.74, 6) is -0.0819. The molecule has 23 heavy (non-hydrogen) atoms. The number of aryl methyl sites for hydroxylation is 1. The molecular weight excluding hydrogens is 306 g/mol. The van der Waals surface area contributed by atoms with Crippen molar-refractivity contribution in [2.75, 3.05) is 6.54 Å². The minimum Gasteiger partial charge on any atom is -0.352 e. The first-order chi connectivity index (χ1) is 11.2. The number of hydrogen-bond acceptors (Lipinski definition) is 4. The van der Waals surface area contributed by atoms with Crippen molar-refractivity contribution < 1.29 is 4.79 Å². The highest BCUT2D eigenvalue weighted by atomic mass is 32.1. The zero-order valence-electron chi connectivity index (χ0n) is 12.8. The highest BCUT2D eigenvalue weighted by Crippen LogP contribution is 2.24. The van der Waals surface area contributed by atoms with E-state index in [2.05, 4.69) is 45.8 Å². The van der Waals surface area contributed by atoms with E-state index in [4.69, 9.17) is 0 Å². The Morgan fingerprint density at radius 2 is 2.04 bits per heavy atom. The molecule has 1 aromatic carbocycles. The van der Waals surface area contributed by atoms with Crippen LogP contribution in [0.3, 0.4) is 0 Å². The molecule has 0 saturated heterocycles. The van der Waals surface area contributed by atoms with E-state index < -0.39 is 0 Å². The average molecular weight is 323 g/mol. The Bertz CT molecular complexity index is 799. The van der Waals surface area contributed by atoms with Gasteiger partial charge in [0, 0.05) is 41.9 Å². The van der Waals surface area contributed by atoms with Gasteiger partial charge in [0.25, 0.3) is 5.91 Å². The van der Waals surface area contributed by atoms with Gasteiger partial charge in [-0.3, -0.25) is 9.78 Å². The summed E-state index contributed by atoms with van der Waals surface area (Å²) in [5, 5.41) is 5.97. The molecule has 116 valence electrons. The molecule has 0 aliphatic carbocycles. The molecule has 1 N–H and O–H groups in total. The molecule has 1 amide bonds. The van der Waals surface area contributed by atoms with Crippen molar-refractivity contribution in [2.24, 2.45) is 0 Å². The Kier molecular flexibility index (Phi) is 4.78. The standard InChI is InChI=1S/C18H17N3OS/c1-13-3-2-4-15(11-13)18-21-16(12-23-18)7-10-20-17(22)14-5-8-19-9-6-14/h2-6,8-9,11-12H,7,10H2,1H3,(H,20,22). The second-order valence-electron chi connectivity index (χ2n) is 5.26. The number of pyridine rings is 1. The van der Waals surface area contributed by atoms with Crippen molar-refractivity contribution >= 4 is 17.2 Å². The monoisotopic (exact) mass is 323 g/mol. The molecule has 3 aromatic rings. The molecule has 2 aromatic heterocycles. The lowest BCUT2D eigenvalue weighted by Gasteiger charge is -2.03. The molecule has 0 radical (unpaired) electrons. The van der Waals surface area contributed by atoms with Gasteiger partial charge in [-0.1, -0.05) is 23.8 Å². The van der Waals surface area contributed by atoms with Crippen LogP contribution in [0.1, 0.15) is 21.6 Å². The topological polar surface area (TPSA) is 54.9 Å². The van der Waals surface area contributed by atoms with Crippen molar-refractivity contribution in [3.63, 3.8) is 0 Å². The van der Waals surface area contributed by atoms with Gasteiger partial charge in [-0.25, -0.2) is 4.98 Å². The van der Waals surface area contributed by atoms with Gasteiger partial charge in [0.05, 0.1) is 5.69 Å². The summed E-state index contributed by atoms with van der Waals surface area (Å²) >= 11 is 1.63. The van der Waals surface area contributed by atoms with Gasteiger partial charge in [0.15, 0.2) is 0 Å². The van der Waals surface area contributed by atoms with E-state index >= 15 is 0 Å². The fraction of sp³-hybridized carbons (Fsp3) is 0.167. The van der Waals surface area contributed by atoms with Crippen LogP contribution in [0, 0.1) is 6.92 Å². The van der Waals surface area contributed by atoms with Crippen LogP contribution < -0.4 is 5.32 Å². The normalized spacial score (nSPS) is 10.5. The smallest absolute Gasteiger partial charge is 0.251 e. The number of nitrogens with zero attached hydrogens (tertiary/aromatic N) is 2. The Morgan fingerprint density at radius 3 is 2.83 bits per heavy atom. The molecule has 4 nitrogen and oxygen atoms in total. The lowest BCUT2D eigenvalue weighted by Crippen LogP contribution is -2.25. The number of benzene rings is 1. The maximum absolute atomic E-state index is 11.9. The maximum Gasteiger partial charge on any atom is 0.251 e. The van der Waals surface area contributed by atoms with Crippen LogP contribution in [0.25, 0.3) is 10.6 Å². The lowest BCUT2D eigenvalue weighted by atomic mass is 10.1. The van der Waals surface area contributed by atoms with E-state index in [-0.39, 0.29) is 5.91 Å². The third kappa shape index (κ3) is 4.02. The molecule has 0 aliphatic rings. The fourth-order valence-electron chi connectivity index (χ4n) is 2.24. The highest BCUT2D eigenvalue weighted by Gasteiger charge is 2.07. The second-order valence-corrected chi connectivity index (χ2v) is 6.11. The molecule has 0 atom stereocenters. The third-order valence-electron chi connectivity index (χ3n) is 3.43. The summed E-state index contributed by atoms with van der Waals surface area (Å²) in [7, 11) is 0. The first-order valence-corrected chi connectivity index (χ1v) is 8.30. The van der Waals surface area contributed by atoms with Crippen LogP contribution in [-0.4, -0.2) is 22.4 Å². The first-order valence-electron chi connectivity index (χ1n) is 7.42.